The van der Waals surface area contributed by atoms with Gasteiger partial charge in [-0.25, -0.2) is 27.6 Å². The van der Waals surface area contributed by atoms with E-state index < -0.39 is 77.0 Å². The van der Waals surface area contributed by atoms with Crippen molar-refractivity contribution in [1.82, 2.24) is 14.5 Å². The summed E-state index contributed by atoms with van der Waals surface area (Å²) in [5, 5.41) is 2.50. The van der Waals surface area contributed by atoms with Gasteiger partial charge in [-0.1, -0.05) is 66.7 Å². The van der Waals surface area contributed by atoms with Gasteiger partial charge in [0.1, 0.15) is 18.5 Å². The Morgan fingerprint density at radius 1 is 0.769 bits per heavy atom. The second kappa shape index (κ2) is 13.7. The molecule has 1 fully saturated rings. The van der Waals surface area contributed by atoms with E-state index in [9.17, 15) is 41.1 Å². The van der Waals surface area contributed by atoms with Gasteiger partial charge < -0.3 is 14.8 Å². The minimum atomic E-state index is -2.45. The lowest BCUT2D eigenvalue weighted by molar-refractivity contribution is -0.139. The van der Waals surface area contributed by atoms with Crippen LogP contribution < -0.4 is 15.7 Å². The van der Waals surface area contributed by atoms with Crippen LogP contribution in [-0.4, -0.2) is 51.6 Å². The maximum atomic E-state index is 14.5. The molecule has 1 saturated heterocycles. The molecule has 0 saturated carbocycles. The zero-order valence-electron chi connectivity index (χ0n) is 26.7. The van der Waals surface area contributed by atoms with Crippen molar-refractivity contribution in [2.24, 2.45) is 0 Å². The summed E-state index contributed by atoms with van der Waals surface area (Å²) in [6.45, 7) is -0.574. The molecule has 2 atom stereocenters. The summed E-state index contributed by atoms with van der Waals surface area (Å²) >= 11 is 0. The van der Waals surface area contributed by atoms with Crippen molar-refractivity contribution in [3.05, 3.63) is 147 Å². The molecule has 2 amide bonds. The van der Waals surface area contributed by atoms with Gasteiger partial charge in [-0.05, 0) is 40.5 Å². The van der Waals surface area contributed by atoms with Crippen LogP contribution in [0.25, 0.3) is 11.1 Å². The fraction of sp³-hybridized carbons (Fsp3) is 0.162. The van der Waals surface area contributed by atoms with Gasteiger partial charge in [0.25, 0.3) is 5.91 Å². The number of nitrogens with one attached hydrogen (secondary N) is 1. The van der Waals surface area contributed by atoms with Crippen LogP contribution in [-0.2, 0) is 9.53 Å². The van der Waals surface area contributed by atoms with Crippen LogP contribution in [0.1, 0.15) is 39.9 Å². The topological polar surface area (TPSA) is 120 Å². The molecule has 52 heavy (non-hydrogen) atoms. The lowest BCUT2D eigenvalue weighted by atomic mass is 9.98. The van der Waals surface area contributed by atoms with Gasteiger partial charge in [-0.2, -0.15) is 13.8 Å². The lowest BCUT2D eigenvalue weighted by Crippen LogP contribution is -2.43. The number of hydrogen-bond acceptors (Lipinski definition) is 7. The summed E-state index contributed by atoms with van der Waals surface area (Å²) in [6, 6.07) is 21.7. The maximum absolute atomic E-state index is 14.5. The largest absolute Gasteiger partial charge is 0.448 e. The number of aromatic nitrogens is 2. The molecule has 15 heteroatoms. The van der Waals surface area contributed by atoms with Crippen molar-refractivity contribution in [3.63, 3.8) is 0 Å². The highest BCUT2D eigenvalue weighted by Crippen LogP contribution is 2.44. The number of nitrogens with zero attached hydrogens (tertiary/aromatic N) is 3. The number of amides is 2. The molecule has 2 heterocycles. The molecule has 5 aromatic rings. The van der Waals surface area contributed by atoms with Gasteiger partial charge in [0.15, 0.2) is 0 Å². The average Bonchev–Trinajstić information content (AvgIpc) is 3.74. The summed E-state index contributed by atoms with van der Waals surface area (Å²) in [6.07, 6.45) is -0.221. The molecule has 1 aliphatic carbocycles. The number of fused-ring (bicyclic) bond motifs is 3. The molecule has 2 aliphatic rings. The van der Waals surface area contributed by atoms with E-state index in [0.717, 1.165) is 31.7 Å². The molecule has 10 nitrogen and oxygen atoms in total. The Balaban J connectivity index is 1.15. The van der Waals surface area contributed by atoms with Crippen molar-refractivity contribution in [3.8, 4) is 16.9 Å². The first kappa shape index (κ1) is 34.1. The van der Waals surface area contributed by atoms with Crippen LogP contribution in [0.4, 0.5) is 32.6 Å². The third-order valence-electron chi connectivity index (χ3n) is 8.99. The molecule has 264 valence electrons. The minimum Gasteiger partial charge on any atom is -0.448 e. The fourth-order valence-electron chi connectivity index (χ4n) is 6.50. The third kappa shape index (κ3) is 6.14. The maximum Gasteiger partial charge on any atom is 0.410 e. The Morgan fingerprint density at radius 3 is 1.96 bits per heavy atom. The molecule has 0 unspecified atom stereocenters. The Kier molecular flexibility index (Phi) is 9.00. The highest BCUT2D eigenvalue weighted by atomic mass is 19.2. The van der Waals surface area contributed by atoms with E-state index in [-0.39, 0.29) is 24.9 Å². The summed E-state index contributed by atoms with van der Waals surface area (Å²) in [4.78, 5) is 57.5. The van der Waals surface area contributed by atoms with Crippen LogP contribution in [0, 0.1) is 29.1 Å². The quantitative estimate of drug-likeness (QED) is 0.0685. The van der Waals surface area contributed by atoms with E-state index in [0.29, 0.717) is 5.56 Å². The van der Waals surface area contributed by atoms with E-state index >= 15 is 0 Å². The summed E-state index contributed by atoms with van der Waals surface area (Å²) in [5.41, 5.74) is 3.07. The first-order valence-electron chi connectivity index (χ1n) is 15.8. The number of ether oxygens (including phenoxy) is 2. The Morgan fingerprint density at radius 2 is 1.35 bits per heavy atom. The standard InChI is InChI=1S/C37H25F5N4O6/c38-28-29(39)31(41)33(32(42)30(28)40)52-35(48)26-16-20(45-15-14-27(44-36(45)49)43-34(47)19-8-2-1-3-9-19)17-46(26)37(50)51-18-25-23-12-6-4-10-21(23)22-11-5-7-13-24(22)25/h1-15,20,25-26H,16-18H2,(H,43,44,47,49)/t20-,26-/m1/s1. The number of rotatable bonds is 7. The Labute approximate surface area is 291 Å². The monoisotopic (exact) mass is 716 g/mol. The molecule has 4 aromatic carbocycles. The molecule has 0 spiro atoms. The number of halogens is 5. The number of carbonyl (C=O) groups excluding carboxylic acids is 3. The van der Waals surface area contributed by atoms with E-state index in [1.807, 2.05) is 48.5 Å². The fourth-order valence-corrected chi connectivity index (χ4v) is 6.50. The van der Waals surface area contributed by atoms with E-state index in [2.05, 4.69) is 10.3 Å². The first-order chi connectivity index (χ1) is 25.0. The molecular weight excluding hydrogens is 691 g/mol. The first-order valence-corrected chi connectivity index (χ1v) is 15.8. The lowest BCUT2D eigenvalue weighted by Gasteiger charge is -2.24. The van der Waals surface area contributed by atoms with Crippen molar-refractivity contribution >= 4 is 23.8 Å². The van der Waals surface area contributed by atoms with E-state index in [1.165, 1.54) is 12.3 Å². The van der Waals surface area contributed by atoms with Gasteiger partial charge in [-0.15, -0.1) is 0 Å². The van der Waals surface area contributed by atoms with Gasteiger partial charge in [0.05, 0.1) is 6.04 Å². The van der Waals surface area contributed by atoms with Crippen molar-refractivity contribution in [2.45, 2.75) is 24.4 Å². The molecule has 0 radical (unpaired) electrons. The van der Waals surface area contributed by atoms with Crippen molar-refractivity contribution < 1.29 is 45.8 Å². The van der Waals surface area contributed by atoms with Crippen LogP contribution in [0.2, 0.25) is 0 Å². The number of esters is 1. The number of benzene rings is 4. The van der Waals surface area contributed by atoms with Crippen LogP contribution >= 0.6 is 0 Å². The molecule has 7 rings (SSSR count). The van der Waals surface area contributed by atoms with Gasteiger partial charge in [0.2, 0.25) is 34.8 Å². The molecule has 0 bridgehead atoms. The SMILES string of the molecule is O=C(Nc1ccn([C@@H]2C[C@H](C(=O)Oc3c(F)c(F)c(F)c(F)c3F)N(C(=O)OCC3c4ccccc4-c4ccccc43)C2)c(=O)n1)c1ccccc1. The number of anilines is 1. The molecular formula is C37H25F5N4O6. The zero-order chi connectivity index (χ0) is 36.7. The minimum absolute atomic E-state index is 0.0937. The molecule has 1 N–H and O–H groups in total. The van der Waals surface area contributed by atoms with Crippen LogP contribution in [0.5, 0.6) is 5.75 Å². The normalized spacial score (nSPS) is 16.3. The number of likely N-dealkylation sites (tertiary alicyclic amines) is 1. The van der Waals surface area contributed by atoms with Crippen molar-refractivity contribution in [2.75, 3.05) is 18.5 Å². The summed E-state index contributed by atoms with van der Waals surface area (Å²) < 4.78 is 81.9. The molecule has 1 aliphatic heterocycles. The van der Waals surface area contributed by atoms with Gasteiger partial charge in [0, 0.05) is 30.6 Å². The van der Waals surface area contributed by atoms with Crippen LogP contribution in [0.3, 0.4) is 0 Å². The zero-order valence-corrected chi connectivity index (χ0v) is 26.7. The van der Waals surface area contributed by atoms with Crippen molar-refractivity contribution in [1.29, 1.82) is 0 Å². The molecule has 1 aromatic heterocycles. The number of hydrogen-bond donors (Lipinski definition) is 1. The average molecular weight is 717 g/mol. The predicted octanol–water partition coefficient (Wildman–Crippen LogP) is 6.36. The van der Waals surface area contributed by atoms with Gasteiger partial charge in [-0.3, -0.25) is 14.3 Å². The highest BCUT2D eigenvalue weighted by Gasteiger charge is 2.44. The predicted molar refractivity (Wildman–Crippen MR) is 174 cm³/mol. The second-order valence-corrected chi connectivity index (χ2v) is 12.0. The van der Waals surface area contributed by atoms with E-state index in [4.69, 9.17) is 9.47 Å². The smallest absolute Gasteiger partial charge is 0.410 e. The third-order valence-corrected chi connectivity index (χ3v) is 8.99. The van der Waals surface area contributed by atoms with E-state index in [1.54, 1.807) is 30.3 Å². The second-order valence-electron chi connectivity index (χ2n) is 12.0. The van der Waals surface area contributed by atoms with Crippen LogP contribution in [0.15, 0.2) is 95.9 Å². The van der Waals surface area contributed by atoms with Gasteiger partial charge >= 0.3 is 17.8 Å². The Bertz CT molecular complexity index is 2230. The number of carbonyl (C=O) groups is 3. The highest BCUT2D eigenvalue weighted by molar-refractivity contribution is 6.03. The Hall–Kier alpha value is -6.38. The summed E-state index contributed by atoms with van der Waals surface area (Å²) in [7, 11) is 0. The summed E-state index contributed by atoms with van der Waals surface area (Å²) in [5.74, 6) is -16.3.